The number of benzene rings is 1. The van der Waals surface area contributed by atoms with E-state index >= 15 is 0 Å². The molecule has 3 aromatic rings. The van der Waals surface area contributed by atoms with Gasteiger partial charge >= 0.3 is 16.2 Å². The van der Waals surface area contributed by atoms with Crippen molar-refractivity contribution < 1.29 is 23.1 Å². The summed E-state index contributed by atoms with van der Waals surface area (Å²) in [5.41, 5.74) is 0.930. The van der Waals surface area contributed by atoms with E-state index in [1.54, 1.807) is 18.2 Å². The molecule has 0 radical (unpaired) electrons. The summed E-state index contributed by atoms with van der Waals surface area (Å²) in [6, 6.07) is 6.23. The van der Waals surface area contributed by atoms with Crippen LogP contribution < -0.4 is 4.74 Å². The van der Waals surface area contributed by atoms with E-state index in [0.717, 1.165) is 8.28 Å². The third-order valence-electron chi connectivity index (χ3n) is 4.40. The Morgan fingerprint density at radius 1 is 1.37 bits per heavy atom. The van der Waals surface area contributed by atoms with Crippen molar-refractivity contribution in [3.63, 3.8) is 0 Å². The van der Waals surface area contributed by atoms with Crippen molar-refractivity contribution in [3.05, 3.63) is 41.6 Å². The number of nitrogens with zero attached hydrogens (tertiary/aromatic N) is 4. The summed E-state index contributed by atoms with van der Waals surface area (Å²) in [7, 11) is -1.33. The number of rotatable bonds is 7. The summed E-state index contributed by atoms with van der Waals surface area (Å²) in [6.07, 6.45) is 7.33. The first kappa shape index (κ1) is 21.3. The zero-order valence-corrected chi connectivity index (χ0v) is 17.5. The third kappa shape index (κ3) is 3.60. The van der Waals surface area contributed by atoms with E-state index < -0.39 is 16.2 Å². The number of ether oxygens (including phenoxy) is 1. The Balaban J connectivity index is 2.43. The van der Waals surface area contributed by atoms with Crippen molar-refractivity contribution in [1.82, 2.24) is 18.2 Å². The van der Waals surface area contributed by atoms with E-state index in [1.165, 1.54) is 26.4 Å². The lowest BCUT2D eigenvalue weighted by molar-refractivity contribution is 0.0697. The molecule has 0 atom stereocenters. The molecule has 3 rings (SSSR count). The Morgan fingerprint density at radius 2 is 2.10 bits per heavy atom. The fourth-order valence-electron chi connectivity index (χ4n) is 2.88. The van der Waals surface area contributed by atoms with Crippen molar-refractivity contribution in [1.29, 1.82) is 0 Å². The van der Waals surface area contributed by atoms with Crippen LogP contribution in [0.4, 0.5) is 0 Å². The van der Waals surface area contributed by atoms with Crippen LogP contribution in [0.2, 0.25) is 0 Å². The lowest BCUT2D eigenvalue weighted by Gasteiger charge is -2.16. The van der Waals surface area contributed by atoms with Gasteiger partial charge in [-0.25, -0.2) is 13.8 Å². The molecule has 0 unspecified atom stereocenters. The van der Waals surface area contributed by atoms with Crippen molar-refractivity contribution >= 4 is 27.2 Å². The van der Waals surface area contributed by atoms with Crippen molar-refractivity contribution in [2.75, 3.05) is 20.7 Å². The molecule has 10 heteroatoms. The maximum absolute atomic E-state index is 13.1. The number of aryl methyl sites for hydroxylation is 1. The van der Waals surface area contributed by atoms with Crippen LogP contribution in [0.15, 0.2) is 30.5 Å². The first-order chi connectivity index (χ1) is 14.2. The zero-order valence-electron chi connectivity index (χ0n) is 16.7. The van der Waals surface area contributed by atoms with Gasteiger partial charge in [0.15, 0.2) is 5.82 Å². The Bertz CT molecular complexity index is 1270. The van der Waals surface area contributed by atoms with Crippen molar-refractivity contribution in [3.8, 4) is 29.6 Å². The number of fused-ring (bicyclic) bond motifs is 1. The van der Waals surface area contributed by atoms with Crippen LogP contribution in [-0.2, 0) is 16.6 Å². The van der Waals surface area contributed by atoms with Crippen LogP contribution in [0.5, 0.6) is 5.75 Å². The Kier molecular flexibility index (Phi) is 5.78. The van der Waals surface area contributed by atoms with Gasteiger partial charge in [0, 0.05) is 20.3 Å². The summed E-state index contributed by atoms with van der Waals surface area (Å²) < 4.78 is 33.7. The molecule has 0 bridgehead atoms. The molecule has 1 aromatic carbocycles. The molecule has 0 aliphatic rings. The lowest BCUT2D eigenvalue weighted by atomic mass is 10.1. The summed E-state index contributed by atoms with van der Waals surface area (Å²) in [4.78, 5) is 20.6. The first-order valence-corrected chi connectivity index (χ1v) is 10.3. The summed E-state index contributed by atoms with van der Waals surface area (Å²) >= 11 is 0. The molecule has 2 aromatic heterocycles. The number of para-hydroxylation sites is 1. The van der Waals surface area contributed by atoms with Crippen LogP contribution in [0.25, 0.3) is 22.6 Å². The van der Waals surface area contributed by atoms with Gasteiger partial charge in [-0.2, -0.15) is 12.7 Å². The first-order valence-electron chi connectivity index (χ1n) is 8.95. The predicted molar refractivity (Wildman–Crippen MR) is 112 cm³/mol. The van der Waals surface area contributed by atoms with Crippen LogP contribution in [0.1, 0.15) is 22.8 Å². The molecular formula is C20H20N4O5S. The molecule has 0 aliphatic carbocycles. The number of hydrogen-bond acceptors (Lipinski definition) is 6. The van der Waals surface area contributed by atoms with Crippen LogP contribution in [-0.4, -0.2) is 58.4 Å². The molecule has 0 saturated heterocycles. The molecule has 30 heavy (non-hydrogen) atoms. The monoisotopic (exact) mass is 428 g/mol. The van der Waals surface area contributed by atoms with Gasteiger partial charge in [0.1, 0.15) is 23.6 Å². The molecule has 0 saturated carbocycles. The van der Waals surface area contributed by atoms with E-state index in [4.69, 9.17) is 11.2 Å². The van der Waals surface area contributed by atoms with Gasteiger partial charge in [0.05, 0.1) is 11.1 Å². The molecular weight excluding hydrogens is 408 g/mol. The highest BCUT2D eigenvalue weighted by Crippen LogP contribution is 2.33. The quantitative estimate of drug-likeness (QED) is 0.573. The second-order valence-electron chi connectivity index (χ2n) is 6.51. The maximum atomic E-state index is 13.1. The SMILES string of the molecule is C#CCOc1cccc2c1nc(-c1ncc(CC)cc1C(=O)O)n2S(=O)(=O)N(C)C. The second kappa shape index (κ2) is 8.14. The third-order valence-corrected chi connectivity index (χ3v) is 6.16. The predicted octanol–water partition coefficient (Wildman–Crippen LogP) is 2.03. The molecule has 9 nitrogen and oxygen atoms in total. The number of aromatic carboxylic acids is 1. The highest BCUT2D eigenvalue weighted by Gasteiger charge is 2.29. The van der Waals surface area contributed by atoms with Gasteiger partial charge in [0.2, 0.25) is 0 Å². The van der Waals surface area contributed by atoms with Crippen LogP contribution in [0.3, 0.4) is 0 Å². The van der Waals surface area contributed by atoms with Crippen molar-refractivity contribution in [2.24, 2.45) is 0 Å². The van der Waals surface area contributed by atoms with E-state index in [2.05, 4.69) is 15.9 Å². The second-order valence-corrected chi connectivity index (χ2v) is 8.50. The Labute approximate surface area is 174 Å². The summed E-state index contributed by atoms with van der Waals surface area (Å²) in [6.45, 7) is 1.83. The average Bonchev–Trinajstić information content (AvgIpc) is 3.12. The fourth-order valence-corrected chi connectivity index (χ4v) is 3.95. The zero-order chi connectivity index (χ0) is 22.1. The Morgan fingerprint density at radius 3 is 2.70 bits per heavy atom. The summed E-state index contributed by atoms with van der Waals surface area (Å²) in [5, 5.41) is 9.71. The minimum absolute atomic E-state index is 0.0362. The lowest BCUT2D eigenvalue weighted by Crippen LogP contribution is -2.29. The normalized spacial score (nSPS) is 11.6. The van der Waals surface area contributed by atoms with Crippen LogP contribution >= 0.6 is 0 Å². The van der Waals surface area contributed by atoms with E-state index in [-0.39, 0.29) is 40.5 Å². The van der Waals surface area contributed by atoms with Gasteiger partial charge in [-0.05, 0) is 30.2 Å². The fraction of sp³-hybridized carbons (Fsp3) is 0.250. The molecule has 1 N–H and O–H groups in total. The van der Waals surface area contributed by atoms with Gasteiger partial charge in [-0.1, -0.05) is 18.9 Å². The molecule has 0 aliphatic heterocycles. The topological polar surface area (TPSA) is 115 Å². The van der Waals surface area contributed by atoms with Crippen LogP contribution in [0, 0.1) is 12.3 Å². The number of hydrogen-bond donors (Lipinski definition) is 1. The molecule has 156 valence electrons. The van der Waals surface area contributed by atoms with Gasteiger partial charge in [0.25, 0.3) is 0 Å². The standard InChI is InChI=1S/C20H20N4O5S/c1-5-10-29-16-9-7-8-15-18(16)22-19(24(15)30(27,28)23(3)4)17-14(20(25)26)11-13(6-2)12-21-17/h1,7-9,11-12H,6,10H2,2-4H3,(H,25,26). The van der Waals surface area contributed by atoms with E-state index in [1.807, 2.05) is 6.92 Å². The molecule has 0 spiro atoms. The number of pyridine rings is 1. The number of carboxylic acid groups (broad SMARTS) is 1. The maximum Gasteiger partial charge on any atom is 0.338 e. The number of carboxylic acids is 1. The van der Waals surface area contributed by atoms with Gasteiger partial charge in [-0.3, -0.25) is 4.98 Å². The van der Waals surface area contributed by atoms with Gasteiger partial charge < -0.3 is 9.84 Å². The average molecular weight is 428 g/mol. The molecule has 0 amide bonds. The largest absolute Gasteiger partial charge is 0.479 e. The molecule has 2 heterocycles. The number of imidazole rings is 1. The smallest absolute Gasteiger partial charge is 0.338 e. The highest BCUT2D eigenvalue weighted by atomic mass is 32.2. The highest BCUT2D eigenvalue weighted by molar-refractivity contribution is 7.87. The minimum atomic E-state index is -4.08. The molecule has 0 fully saturated rings. The number of carbonyl (C=O) groups is 1. The van der Waals surface area contributed by atoms with Gasteiger partial charge in [-0.15, -0.1) is 6.42 Å². The van der Waals surface area contributed by atoms with E-state index in [9.17, 15) is 18.3 Å². The minimum Gasteiger partial charge on any atom is -0.479 e. The number of aromatic nitrogens is 3. The number of terminal acetylenes is 1. The Hall–Kier alpha value is -3.42. The van der Waals surface area contributed by atoms with Crippen molar-refractivity contribution in [2.45, 2.75) is 13.3 Å². The van der Waals surface area contributed by atoms with E-state index in [0.29, 0.717) is 12.0 Å². The summed E-state index contributed by atoms with van der Waals surface area (Å²) in [5.74, 6) is 1.26.